The molecule has 0 amide bonds. The lowest BCUT2D eigenvalue weighted by Gasteiger charge is -2.03. The number of hydrogen-bond acceptors (Lipinski definition) is 0. The van der Waals surface area contributed by atoms with Crippen molar-refractivity contribution >= 4 is 9.24 Å². The van der Waals surface area contributed by atoms with Gasteiger partial charge in [-0.2, -0.15) is 22.0 Å². The molecule has 0 nitrogen and oxygen atoms in total. The van der Waals surface area contributed by atoms with E-state index < -0.39 is 17.6 Å². The number of rotatable bonds is 1. The minimum atomic E-state index is -4.14. The van der Waals surface area contributed by atoms with Crippen molar-refractivity contribution in [2.45, 2.75) is 5.66 Å². The predicted molar refractivity (Wildman–Crippen MR) is 25.0 cm³/mol. The van der Waals surface area contributed by atoms with E-state index in [1.807, 2.05) is 0 Å². The van der Waals surface area contributed by atoms with E-state index in [1.165, 1.54) is 0 Å². The molecule has 0 rings (SSSR count). The van der Waals surface area contributed by atoms with Gasteiger partial charge in [0, 0.05) is 0 Å². The zero-order chi connectivity index (χ0) is 7.65. The molecule has 0 spiro atoms. The van der Waals surface area contributed by atoms with Gasteiger partial charge >= 0.3 is 11.7 Å². The van der Waals surface area contributed by atoms with E-state index in [0.717, 1.165) is 0 Å². The van der Waals surface area contributed by atoms with Gasteiger partial charge in [0.25, 0.3) is 0 Å². The van der Waals surface area contributed by atoms with Crippen molar-refractivity contribution in [1.82, 2.24) is 0 Å². The fraction of sp³-hybridized carbons (Fsp3) is 0.333. The molecule has 0 saturated carbocycles. The molecule has 0 aliphatic carbocycles. The largest absolute Gasteiger partial charge is 0.314 e. The zero-order valence-electron chi connectivity index (χ0n) is 3.97. The Kier molecular flexibility index (Phi) is 2.55. The molecule has 0 aliphatic heterocycles. The Morgan fingerprint density at radius 3 is 1.44 bits per heavy atom. The molecule has 0 radical (unpaired) electrons. The Morgan fingerprint density at radius 2 is 1.44 bits per heavy atom. The minimum absolute atomic E-state index is 0.653. The topological polar surface area (TPSA) is 0 Å². The molecule has 6 heteroatoms. The average Bonchev–Trinajstić information content (AvgIpc) is 1.62. The highest BCUT2D eigenvalue weighted by Crippen LogP contribution is 2.34. The third-order valence-electron chi connectivity index (χ3n) is 0.459. The Labute approximate surface area is 49.9 Å². The maximum Gasteiger partial charge on any atom is 0.314 e. The molecule has 0 bridgehead atoms. The standard InChI is InChI=1S/C3H2F5P/c4-1(2(5)6)3(7,8)9/h9H2. The van der Waals surface area contributed by atoms with Crippen molar-refractivity contribution in [3.05, 3.63) is 11.9 Å². The van der Waals surface area contributed by atoms with Crippen molar-refractivity contribution in [1.29, 1.82) is 0 Å². The molecule has 54 valence electrons. The van der Waals surface area contributed by atoms with E-state index in [9.17, 15) is 22.0 Å². The first-order valence-corrected chi connectivity index (χ1v) is 2.31. The van der Waals surface area contributed by atoms with Gasteiger partial charge < -0.3 is 0 Å². The quantitative estimate of drug-likeness (QED) is 0.412. The molecule has 0 aromatic rings. The second kappa shape index (κ2) is 2.60. The summed E-state index contributed by atoms with van der Waals surface area (Å²) in [6.45, 7) is 0. The smallest absolute Gasteiger partial charge is 0.199 e. The van der Waals surface area contributed by atoms with E-state index in [2.05, 4.69) is 0 Å². The van der Waals surface area contributed by atoms with Crippen LogP contribution in [0.1, 0.15) is 0 Å². The molecule has 1 atom stereocenters. The molecule has 0 saturated heterocycles. The fourth-order valence-corrected chi connectivity index (χ4v) is 0.235. The van der Waals surface area contributed by atoms with Crippen LogP contribution in [0.2, 0.25) is 0 Å². The third-order valence-corrected chi connectivity index (χ3v) is 0.712. The lowest BCUT2D eigenvalue weighted by atomic mass is 10.6. The summed E-state index contributed by atoms with van der Waals surface area (Å²) in [4.78, 5) is 0. The van der Waals surface area contributed by atoms with E-state index >= 15 is 0 Å². The van der Waals surface area contributed by atoms with Gasteiger partial charge in [-0.3, -0.25) is 0 Å². The van der Waals surface area contributed by atoms with Gasteiger partial charge in [0.15, 0.2) is 0 Å². The van der Waals surface area contributed by atoms with Gasteiger partial charge in [0.1, 0.15) is 0 Å². The third kappa shape index (κ3) is 2.75. The van der Waals surface area contributed by atoms with Crippen LogP contribution >= 0.6 is 9.24 Å². The molecule has 0 heterocycles. The highest BCUT2D eigenvalue weighted by atomic mass is 31.0. The SMILES string of the molecule is FC(F)=C(F)C(F)(F)P. The molecule has 9 heavy (non-hydrogen) atoms. The van der Waals surface area contributed by atoms with Crippen molar-refractivity contribution in [2.75, 3.05) is 0 Å². The minimum Gasteiger partial charge on any atom is -0.199 e. The van der Waals surface area contributed by atoms with Crippen LogP contribution in [0.3, 0.4) is 0 Å². The van der Waals surface area contributed by atoms with E-state index in [0.29, 0.717) is 9.24 Å². The van der Waals surface area contributed by atoms with Crippen LogP contribution in [0.15, 0.2) is 11.9 Å². The van der Waals surface area contributed by atoms with Crippen LogP contribution in [0.4, 0.5) is 22.0 Å². The van der Waals surface area contributed by atoms with Crippen molar-refractivity contribution in [2.24, 2.45) is 0 Å². The Bertz CT molecular complexity index is 130. The summed E-state index contributed by atoms with van der Waals surface area (Å²) in [6.07, 6.45) is -2.99. The van der Waals surface area contributed by atoms with Crippen LogP contribution in [0.25, 0.3) is 0 Å². The number of hydrogen-bond donors (Lipinski definition) is 0. The Balaban J connectivity index is 4.40. The first kappa shape index (κ1) is 8.82. The van der Waals surface area contributed by atoms with Crippen molar-refractivity contribution in [3.8, 4) is 0 Å². The van der Waals surface area contributed by atoms with Gasteiger partial charge in [0.05, 0.1) is 0 Å². The second-order valence-corrected chi connectivity index (χ2v) is 1.92. The molecule has 0 N–H and O–H groups in total. The van der Waals surface area contributed by atoms with E-state index in [-0.39, 0.29) is 0 Å². The first-order chi connectivity index (χ1) is 3.85. The summed E-state index contributed by atoms with van der Waals surface area (Å²) in [5.74, 6) is -2.70. The van der Waals surface area contributed by atoms with Crippen LogP contribution in [0.5, 0.6) is 0 Å². The van der Waals surface area contributed by atoms with E-state index in [1.54, 1.807) is 0 Å². The summed E-state index contributed by atoms with van der Waals surface area (Å²) in [7, 11) is 0.653. The van der Waals surface area contributed by atoms with Gasteiger partial charge in [0.2, 0.25) is 5.83 Å². The molecule has 0 fully saturated rings. The average molecular weight is 164 g/mol. The number of allylic oxidation sites excluding steroid dienone is 1. The summed E-state index contributed by atoms with van der Waals surface area (Å²) in [5.41, 5.74) is -4.14. The molecular weight excluding hydrogens is 162 g/mol. The number of alkyl halides is 2. The molecule has 0 aromatic heterocycles. The molecule has 0 aromatic carbocycles. The molecule has 0 aliphatic rings. The first-order valence-electron chi connectivity index (χ1n) is 1.73. The van der Waals surface area contributed by atoms with Gasteiger partial charge in [-0.15, -0.1) is 0 Å². The van der Waals surface area contributed by atoms with Crippen LogP contribution < -0.4 is 0 Å². The summed E-state index contributed by atoms with van der Waals surface area (Å²) < 4.78 is 56.1. The molecule has 1 unspecified atom stereocenters. The maximum absolute atomic E-state index is 11.4. The van der Waals surface area contributed by atoms with Gasteiger partial charge in [-0.1, -0.05) is 9.24 Å². The lowest BCUT2D eigenvalue weighted by molar-refractivity contribution is 0.106. The highest BCUT2D eigenvalue weighted by molar-refractivity contribution is 7.18. The van der Waals surface area contributed by atoms with Crippen LogP contribution in [-0.4, -0.2) is 5.66 Å². The Morgan fingerprint density at radius 1 is 1.11 bits per heavy atom. The fourth-order valence-electron chi connectivity index (χ4n) is 0.126. The molecular formula is C3H2F5P. The summed E-state index contributed by atoms with van der Waals surface area (Å²) >= 11 is 0. The Hall–Kier alpha value is -0.180. The maximum atomic E-state index is 11.4. The normalized spacial score (nSPS) is 11.3. The zero-order valence-corrected chi connectivity index (χ0v) is 5.12. The number of halogens is 5. The summed E-state index contributed by atoms with van der Waals surface area (Å²) in [6, 6.07) is 0. The highest BCUT2D eigenvalue weighted by Gasteiger charge is 2.32. The van der Waals surface area contributed by atoms with Crippen LogP contribution in [-0.2, 0) is 0 Å². The van der Waals surface area contributed by atoms with Crippen molar-refractivity contribution in [3.63, 3.8) is 0 Å². The van der Waals surface area contributed by atoms with Crippen molar-refractivity contribution < 1.29 is 22.0 Å². The lowest BCUT2D eigenvalue weighted by Crippen LogP contribution is -2.05. The summed E-state index contributed by atoms with van der Waals surface area (Å²) in [5, 5.41) is 0. The monoisotopic (exact) mass is 164 g/mol. The van der Waals surface area contributed by atoms with Gasteiger partial charge in [-0.25, -0.2) is 0 Å². The van der Waals surface area contributed by atoms with E-state index in [4.69, 9.17) is 0 Å². The van der Waals surface area contributed by atoms with Crippen LogP contribution in [0, 0.1) is 0 Å². The van der Waals surface area contributed by atoms with Gasteiger partial charge in [-0.05, 0) is 0 Å². The predicted octanol–water partition coefficient (Wildman–Crippen LogP) is 2.53. The second-order valence-electron chi connectivity index (χ2n) is 1.20.